The first-order chi connectivity index (χ1) is 5.61. The fourth-order valence-corrected chi connectivity index (χ4v) is 0.910. The number of carboxylic acids is 1. The molecule has 2 N–H and O–H groups in total. The second-order valence-electron chi connectivity index (χ2n) is 2.14. The number of hydrogen-bond acceptors (Lipinski definition) is 3. The number of aliphatic hydroxyl groups is 1. The Kier molecular flexibility index (Phi) is 2.78. The van der Waals surface area contributed by atoms with Crippen LogP contribution < -0.4 is 0 Å². The third-order valence-corrected chi connectivity index (χ3v) is 1.73. The van der Waals surface area contributed by atoms with Gasteiger partial charge in [-0.1, -0.05) is 0 Å². The van der Waals surface area contributed by atoms with Crippen molar-refractivity contribution in [1.29, 1.82) is 0 Å². The van der Waals surface area contributed by atoms with Crippen molar-refractivity contribution in [2.24, 2.45) is 0 Å². The molecule has 0 aromatic carbocycles. The number of rotatable bonds is 2. The second-order valence-corrected chi connectivity index (χ2v) is 3.06. The molecule has 1 aromatic heterocycles. The van der Waals surface area contributed by atoms with E-state index in [4.69, 9.17) is 10.2 Å². The molecule has 0 bridgehead atoms. The number of aliphatic hydroxyl groups excluding tert-OH is 1. The molecule has 0 amide bonds. The number of pyridine rings is 1. The molecule has 0 spiro atoms. The fraction of sp³-hybridized carbons (Fsp3) is 0.143. The monoisotopic (exact) mass is 231 g/mol. The van der Waals surface area contributed by atoms with Crippen LogP contribution in [0, 0.1) is 0 Å². The highest BCUT2D eigenvalue weighted by molar-refractivity contribution is 9.10. The number of halogens is 1. The summed E-state index contributed by atoms with van der Waals surface area (Å²) in [5.74, 6) is -1.30. The molecule has 1 atom stereocenters. The third-order valence-electron chi connectivity index (χ3n) is 1.26. The minimum atomic E-state index is -1.54. The first-order valence-electron chi connectivity index (χ1n) is 3.13. The lowest BCUT2D eigenvalue weighted by Crippen LogP contribution is -2.11. The second kappa shape index (κ2) is 3.64. The molecule has 64 valence electrons. The largest absolute Gasteiger partial charge is 0.479 e. The van der Waals surface area contributed by atoms with E-state index >= 15 is 0 Å². The van der Waals surface area contributed by atoms with Crippen LogP contribution in [0.3, 0.4) is 0 Å². The number of aliphatic carboxylic acids is 1. The van der Waals surface area contributed by atoms with Gasteiger partial charge in [0.2, 0.25) is 0 Å². The molecule has 1 unspecified atom stereocenters. The molecule has 0 radical (unpaired) electrons. The molecule has 0 saturated heterocycles. The molecule has 0 aliphatic heterocycles. The van der Waals surface area contributed by atoms with Gasteiger partial charge in [-0.15, -0.1) is 0 Å². The Hall–Kier alpha value is -0.940. The first kappa shape index (κ1) is 9.15. The summed E-state index contributed by atoms with van der Waals surface area (Å²) >= 11 is 3.14. The van der Waals surface area contributed by atoms with Crippen molar-refractivity contribution in [3.63, 3.8) is 0 Å². The minimum absolute atomic E-state index is 0.130. The average molecular weight is 232 g/mol. The Morgan fingerprint density at radius 1 is 1.58 bits per heavy atom. The van der Waals surface area contributed by atoms with Gasteiger partial charge in [0, 0.05) is 10.7 Å². The van der Waals surface area contributed by atoms with Crippen LogP contribution in [0.4, 0.5) is 0 Å². The van der Waals surface area contributed by atoms with Gasteiger partial charge in [-0.25, -0.2) is 4.79 Å². The number of carbonyl (C=O) groups is 1. The number of carboxylic acid groups (broad SMARTS) is 1. The predicted octanol–water partition coefficient (Wildman–Crippen LogP) is 0.962. The molecule has 0 aliphatic rings. The summed E-state index contributed by atoms with van der Waals surface area (Å²) in [6.07, 6.45) is -0.111. The van der Waals surface area contributed by atoms with E-state index in [9.17, 15) is 4.79 Å². The SMILES string of the molecule is O=C(O)C(O)c1ccc(Br)cn1. The van der Waals surface area contributed by atoms with E-state index in [1.54, 1.807) is 6.07 Å². The van der Waals surface area contributed by atoms with E-state index in [1.807, 2.05) is 0 Å². The van der Waals surface area contributed by atoms with E-state index in [0.717, 1.165) is 4.47 Å². The zero-order valence-corrected chi connectivity index (χ0v) is 7.52. The Bertz CT molecular complexity index is 285. The molecule has 1 heterocycles. The van der Waals surface area contributed by atoms with E-state index in [1.165, 1.54) is 12.3 Å². The molecule has 4 nitrogen and oxygen atoms in total. The van der Waals surface area contributed by atoms with Gasteiger partial charge in [0.1, 0.15) is 0 Å². The van der Waals surface area contributed by atoms with Crippen molar-refractivity contribution in [2.75, 3.05) is 0 Å². The standard InChI is InChI=1S/C7H6BrNO3/c8-4-1-2-5(9-3-4)6(10)7(11)12/h1-3,6,10H,(H,11,12). The van der Waals surface area contributed by atoms with E-state index < -0.39 is 12.1 Å². The summed E-state index contributed by atoms with van der Waals surface area (Å²) in [4.78, 5) is 14.0. The predicted molar refractivity (Wildman–Crippen MR) is 44.5 cm³/mol. The normalized spacial score (nSPS) is 12.5. The van der Waals surface area contributed by atoms with Gasteiger partial charge in [-0.2, -0.15) is 0 Å². The summed E-state index contributed by atoms with van der Waals surface area (Å²) in [6.45, 7) is 0. The smallest absolute Gasteiger partial charge is 0.338 e. The van der Waals surface area contributed by atoms with Gasteiger partial charge in [-0.3, -0.25) is 4.98 Å². The van der Waals surface area contributed by atoms with Crippen LogP contribution in [0.2, 0.25) is 0 Å². The highest BCUT2D eigenvalue weighted by atomic mass is 79.9. The Morgan fingerprint density at radius 3 is 2.67 bits per heavy atom. The quantitative estimate of drug-likeness (QED) is 0.796. The number of hydrogen-bond donors (Lipinski definition) is 2. The maximum Gasteiger partial charge on any atom is 0.338 e. The van der Waals surface area contributed by atoms with Gasteiger partial charge in [0.25, 0.3) is 0 Å². The Morgan fingerprint density at radius 2 is 2.25 bits per heavy atom. The van der Waals surface area contributed by atoms with Crippen LogP contribution in [-0.2, 0) is 4.79 Å². The summed E-state index contributed by atoms with van der Waals surface area (Å²) in [6, 6.07) is 3.07. The zero-order valence-electron chi connectivity index (χ0n) is 5.94. The van der Waals surface area contributed by atoms with Crippen molar-refractivity contribution in [3.8, 4) is 0 Å². The van der Waals surface area contributed by atoms with Gasteiger partial charge in [0.05, 0.1) is 5.69 Å². The Labute approximate surface area is 77.0 Å². The van der Waals surface area contributed by atoms with Gasteiger partial charge in [-0.05, 0) is 28.1 Å². The molecule has 1 rings (SSSR count). The molecule has 1 aromatic rings. The third kappa shape index (κ3) is 2.02. The minimum Gasteiger partial charge on any atom is -0.479 e. The van der Waals surface area contributed by atoms with Crippen molar-refractivity contribution in [1.82, 2.24) is 4.98 Å². The number of nitrogens with zero attached hydrogens (tertiary/aromatic N) is 1. The van der Waals surface area contributed by atoms with Gasteiger partial charge in [0.15, 0.2) is 6.10 Å². The highest BCUT2D eigenvalue weighted by Gasteiger charge is 2.16. The molecule has 0 saturated carbocycles. The van der Waals surface area contributed by atoms with Gasteiger partial charge >= 0.3 is 5.97 Å². The van der Waals surface area contributed by atoms with Crippen LogP contribution in [-0.4, -0.2) is 21.2 Å². The van der Waals surface area contributed by atoms with Crippen LogP contribution in [0.25, 0.3) is 0 Å². The summed E-state index contributed by atoms with van der Waals surface area (Å²) in [5, 5.41) is 17.4. The van der Waals surface area contributed by atoms with Crippen LogP contribution >= 0.6 is 15.9 Å². The molecule has 12 heavy (non-hydrogen) atoms. The fourth-order valence-electron chi connectivity index (χ4n) is 0.676. The maximum absolute atomic E-state index is 10.3. The van der Waals surface area contributed by atoms with Gasteiger partial charge < -0.3 is 10.2 Å². The lowest BCUT2D eigenvalue weighted by Gasteiger charge is -2.03. The van der Waals surface area contributed by atoms with Crippen LogP contribution in [0.1, 0.15) is 11.8 Å². The van der Waals surface area contributed by atoms with E-state index in [-0.39, 0.29) is 5.69 Å². The maximum atomic E-state index is 10.3. The molecular weight excluding hydrogens is 226 g/mol. The van der Waals surface area contributed by atoms with Crippen molar-refractivity contribution in [3.05, 3.63) is 28.5 Å². The first-order valence-corrected chi connectivity index (χ1v) is 3.93. The van der Waals surface area contributed by atoms with E-state index in [2.05, 4.69) is 20.9 Å². The molecule has 0 aliphatic carbocycles. The highest BCUT2D eigenvalue weighted by Crippen LogP contribution is 2.13. The van der Waals surface area contributed by atoms with Crippen LogP contribution in [0.15, 0.2) is 22.8 Å². The summed E-state index contributed by atoms with van der Waals surface area (Å²) in [5.41, 5.74) is 0.130. The average Bonchev–Trinajstić information content (AvgIpc) is 2.04. The van der Waals surface area contributed by atoms with Crippen molar-refractivity contribution in [2.45, 2.75) is 6.10 Å². The lowest BCUT2D eigenvalue weighted by molar-refractivity contribution is -0.147. The van der Waals surface area contributed by atoms with Crippen molar-refractivity contribution < 1.29 is 15.0 Å². The number of aromatic nitrogens is 1. The summed E-state index contributed by atoms with van der Waals surface area (Å²) in [7, 11) is 0. The summed E-state index contributed by atoms with van der Waals surface area (Å²) < 4.78 is 0.740. The molecule has 5 heteroatoms. The van der Waals surface area contributed by atoms with Crippen LogP contribution in [0.5, 0.6) is 0 Å². The van der Waals surface area contributed by atoms with Crippen molar-refractivity contribution >= 4 is 21.9 Å². The topological polar surface area (TPSA) is 70.4 Å². The Balaban J connectivity index is 2.89. The van der Waals surface area contributed by atoms with E-state index in [0.29, 0.717) is 0 Å². The lowest BCUT2D eigenvalue weighted by atomic mass is 10.2. The zero-order chi connectivity index (χ0) is 9.14. The molecular formula is C7H6BrNO3. The molecule has 0 fully saturated rings.